The molecule has 2 aromatic heterocycles. The number of hydrogen-bond acceptors (Lipinski definition) is 10. The first-order valence-corrected chi connectivity index (χ1v) is 20.2. The summed E-state index contributed by atoms with van der Waals surface area (Å²) in [7, 11) is -3.91. The summed E-state index contributed by atoms with van der Waals surface area (Å²) in [5, 5.41) is 5.37. The number of ether oxygens (including phenoxy) is 1. The van der Waals surface area contributed by atoms with E-state index in [2.05, 4.69) is 15.4 Å². The monoisotopic (exact) mass is 772 g/mol. The average molecular weight is 773 g/mol. The molecule has 55 heavy (non-hydrogen) atoms. The van der Waals surface area contributed by atoms with Crippen LogP contribution in [0.5, 0.6) is 5.88 Å². The summed E-state index contributed by atoms with van der Waals surface area (Å²) < 4.78 is 54.9. The first-order chi connectivity index (χ1) is 26.4. The number of carbonyl (C=O) groups is 4. The van der Waals surface area contributed by atoms with Gasteiger partial charge in [-0.05, 0) is 56.7 Å². The van der Waals surface area contributed by atoms with Crippen LogP contribution < -0.4 is 20.1 Å². The minimum Gasteiger partial charge on any atom is -0.470 e. The highest BCUT2D eigenvalue weighted by molar-refractivity contribution is 7.91. The highest BCUT2D eigenvalue weighted by Gasteiger charge is 2.62. The molecule has 16 heteroatoms. The van der Waals surface area contributed by atoms with Gasteiger partial charge >= 0.3 is 0 Å². The van der Waals surface area contributed by atoms with E-state index in [1.54, 1.807) is 0 Å². The van der Waals surface area contributed by atoms with Crippen molar-refractivity contribution in [3.63, 3.8) is 0 Å². The molecule has 2 saturated carbocycles. The molecule has 4 aromatic rings. The lowest BCUT2D eigenvalue weighted by molar-refractivity contribution is -0.142. The molecule has 5 atom stereocenters. The topological polar surface area (TPSA) is 190 Å². The van der Waals surface area contributed by atoms with Gasteiger partial charge in [0.2, 0.25) is 33.3 Å². The Morgan fingerprint density at radius 2 is 1.85 bits per heavy atom. The van der Waals surface area contributed by atoms with Crippen LogP contribution in [0, 0.1) is 11.7 Å². The quantitative estimate of drug-likeness (QED) is 0.231. The summed E-state index contributed by atoms with van der Waals surface area (Å²) in [6, 6.07) is 11.1. The van der Waals surface area contributed by atoms with E-state index in [9.17, 15) is 32.0 Å². The van der Waals surface area contributed by atoms with Crippen LogP contribution in [0.3, 0.4) is 0 Å². The lowest BCUT2D eigenvalue weighted by Gasteiger charge is -2.29. The van der Waals surface area contributed by atoms with Crippen LogP contribution in [0.15, 0.2) is 65.1 Å². The molecule has 14 nitrogen and oxygen atoms in total. The number of furan rings is 1. The molecule has 3 N–H and O–H groups in total. The Hall–Kier alpha value is -5.38. The van der Waals surface area contributed by atoms with Crippen molar-refractivity contribution < 1.29 is 41.1 Å². The van der Waals surface area contributed by atoms with Crippen molar-refractivity contribution in [2.75, 3.05) is 6.54 Å². The van der Waals surface area contributed by atoms with Gasteiger partial charge in [0.15, 0.2) is 5.82 Å². The van der Waals surface area contributed by atoms with Crippen molar-refractivity contribution in [3.8, 4) is 17.3 Å². The lowest BCUT2D eigenvalue weighted by atomic mass is 10.0. The Kier molecular flexibility index (Phi) is 9.55. The Balaban J connectivity index is 1.15. The molecule has 0 bridgehead atoms. The second-order valence-corrected chi connectivity index (χ2v) is 16.8. The van der Waals surface area contributed by atoms with Crippen LogP contribution in [0.2, 0.25) is 0 Å². The zero-order valence-electron chi connectivity index (χ0n) is 30.1. The van der Waals surface area contributed by atoms with Crippen LogP contribution in [0.4, 0.5) is 4.39 Å². The third-order valence-corrected chi connectivity index (χ3v) is 12.6. The second kappa shape index (κ2) is 14.4. The van der Waals surface area contributed by atoms with E-state index in [0.717, 1.165) is 12.8 Å². The molecule has 2 aliphatic heterocycles. The molecule has 8 rings (SSSR count). The number of rotatable bonds is 7. The van der Waals surface area contributed by atoms with Crippen molar-refractivity contribution in [2.45, 2.75) is 93.7 Å². The van der Waals surface area contributed by atoms with Gasteiger partial charge in [-0.15, -0.1) is 0 Å². The van der Waals surface area contributed by atoms with E-state index >= 15 is 0 Å². The molecule has 4 amide bonds. The standard InChI is InChI=1S/C39H41FN6O8S/c1-22(47)41-29-13-9-4-2-3-8-12-24-20-39(24,38(50)45-55(51,52)27-15-16-27)44-35(48)30-19-26(21-46(30)37(29)49)53-36-33-32(28-18-25(40)14-17-31(28)54-33)42-34(43-36)23-10-6-5-7-11-23/h5-8,10-12,14,17-18,24,26-27,29-30H,2-4,9,13,15-16,19-21H2,1H3,(H,41,47)(H,44,48)(H,45,50)/t24-,26-,29+,30+,39-/m1/s1. The summed E-state index contributed by atoms with van der Waals surface area (Å²) in [6.45, 7) is 1.23. The Labute approximate surface area is 316 Å². The van der Waals surface area contributed by atoms with Crippen molar-refractivity contribution in [1.29, 1.82) is 0 Å². The van der Waals surface area contributed by atoms with Crippen molar-refractivity contribution in [2.24, 2.45) is 5.92 Å². The van der Waals surface area contributed by atoms with Gasteiger partial charge in [-0.1, -0.05) is 55.3 Å². The molecule has 3 fully saturated rings. The fraction of sp³-hybridized carbons (Fsp3) is 0.436. The van der Waals surface area contributed by atoms with Gasteiger partial charge in [-0.3, -0.25) is 23.9 Å². The summed E-state index contributed by atoms with van der Waals surface area (Å²) in [6.07, 6.45) is 7.23. The summed E-state index contributed by atoms with van der Waals surface area (Å²) in [4.78, 5) is 65.5. The number of benzene rings is 2. The first kappa shape index (κ1) is 36.6. The lowest BCUT2D eigenvalue weighted by Crippen LogP contribution is -2.58. The SMILES string of the molecule is CC(=O)N[C@H]1CCCCCC=C[C@@H]2C[C@@]2(C(=O)NS(=O)(=O)C2CC2)NC(=O)[C@@H]2C[C@@H](Oc3nc(-c4ccccc4)nc4c3oc3ccc(F)cc34)CN2C1=O. The van der Waals surface area contributed by atoms with Crippen LogP contribution in [-0.2, 0) is 29.2 Å². The van der Waals surface area contributed by atoms with Gasteiger partial charge in [0.1, 0.15) is 40.6 Å². The number of aromatic nitrogens is 2. The number of halogens is 1. The van der Waals surface area contributed by atoms with Crippen molar-refractivity contribution in [1.82, 2.24) is 30.2 Å². The van der Waals surface area contributed by atoms with E-state index in [1.165, 1.54) is 30.0 Å². The maximum atomic E-state index is 14.4. The minimum atomic E-state index is -3.91. The largest absolute Gasteiger partial charge is 0.470 e. The molecular weight excluding hydrogens is 732 g/mol. The summed E-state index contributed by atoms with van der Waals surface area (Å²) >= 11 is 0. The third-order valence-electron chi connectivity index (χ3n) is 10.8. The van der Waals surface area contributed by atoms with Crippen molar-refractivity contribution >= 4 is 55.7 Å². The molecule has 1 saturated heterocycles. The third kappa shape index (κ3) is 7.39. The minimum absolute atomic E-state index is 0.0213. The number of allylic oxidation sites excluding steroid dienone is 1. The number of nitrogens with one attached hydrogen (secondary N) is 3. The number of hydrogen-bond donors (Lipinski definition) is 3. The van der Waals surface area contributed by atoms with Gasteiger partial charge in [0.25, 0.3) is 11.8 Å². The molecule has 2 aromatic carbocycles. The van der Waals surface area contributed by atoms with Crippen LogP contribution in [-0.4, -0.2) is 82.4 Å². The van der Waals surface area contributed by atoms with Gasteiger partial charge in [-0.25, -0.2) is 17.8 Å². The van der Waals surface area contributed by atoms with Gasteiger partial charge in [-0.2, -0.15) is 4.98 Å². The molecule has 4 heterocycles. The number of carbonyl (C=O) groups excluding carboxylic acids is 4. The van der Waals surface area contributed by atoms with Crippen LogP contribution >= 0.6 is 0 Å². The fourth-order valence-electron chi connectivity index (χ4n) is 7.64. The van der Waals surface area contributed by atoms with Gasteiger partial charge in [0, 0.05) is 30.2 Å². The number of amides is 4. The summed E-state index contributed by atoms with van der Waals surface area (Å²) in [5.74, 6) is -3.01. The highest BCUT2D eigenvalue weighted by atomic mass is 32.2. The van der Waals surface area contributed by atoms with E-state index in [0.29, 0.717) is 54.2 Å². The maximum Gasteiger partial charge on any atom is 0.262 e. The zero-order chi connectivity index (χ0) is 38.5. The maximum absolute atomic E-state index is 14.4. The van der Waals surface area contributed by atoms with E-state index in [1.807, 2.05) is 42.5 Å². The van der Waals surface area contributed by atoms with Crippen LogP contribution in [0.25, 0.3) is 33.5 Å². The van der Waals surface area contributed by atoms with E-state index in [4.69, 9.17) is 19.1 Å². The molecular formula is C39H41FN6O8S. The molecule has 0 spiro atoms. The zero-order valence-corrected chi connectivity index (χ0v) is 30.9. The van der Waals surface area contributed by atoms with Crippen LogP contribution in [0.1, 0.15) is 64.7 Å². The number of fused-ring (bicyclic) bond motifs is 5. The Morgan fingerprint density at radius 3 is 2.62 bits per heavy atom. The highest BCUT2D eigenvalue weighted by Crippen LogP contribution is 2.46. The molecule has 0 unspecified atom stereocenters. The average Bonchev–Trinajstić information content (AvgIpc) is 4.06. The van der Waals surface area contributed by atoms with E-state index < -0.39 is 74.4 Å². The Bertz CT molecular complexity index is 2330. The first-order valence-electron chi connectivity index (χ1n) is 18.7. The van der Waals surface area contributed by atoms with Gasteiger partial charge < -0.3 is 24.7 Å². The molecule has 4 aliphatic rings. The predicted octanol–water partition coefficient (Wildman–Crippen LogP) is 4.04. The second-order valence-electron chi connectivity index (χ2n) is 14.9. The fourth-order valence-corrected chi connectivity index (χ4v) is 9.00. The smallest absolute Gasteiger partial charge is 0.262 e. The molecule has 288 valence electrons. The number of sulfonamides is 1. The summed E-state index contributed by atoms with van der Waals surface area (Å²) in [5.41, 5.74) is -0.0581. The number of nitrogens with zero attached hydrogens (tertiary/aromatic N) is 3. The molecule has 2 aliphatic carbocycles. The predicted molar refractivity (Wildman–Crippen MR) is 198 cm³/mol. The van der Waals surface area contributed by atoms with E-state index in [-0.39, 0.29) is 36.7 Å². The van der Waals surface area contributed by atoms with Crippen molar-refractivity contribution in [3.05, 3.63) is 66.5 Å². The Morgan fingerprint density at radius 1 is 1.05 bits per heavy atom. The van der Waals surface area contributed by atoms with Gasteiger partial charge in [0.05, 0.1) is 11.8 Å². The molecule has 0 radical (unpaired) electrons. The normalized spacial score (nSPS) is 26.0.